The molecule has 0 aromatic heterocycles. The van der Waals surface area contributed by atoms with E-state index in [1.165, 1.54) is 12.1 Å². The van der Waals surface area contributed by atoms with Gasteiger partial charge in [0.1, 0.15) is 5.82 Å². The molecule has 1 atom stereocenters. The van der Waals surface area contributed by atoms with Crippen molar-refractivity contribution in [2.45, 2.75) is 11.8 Å². The van der Waals surface area contributed by atoms with E-state index in [0.29, 0.717) is 23.4 Å². The van der Waals surface area contributed by atoms with Gasteiger partial charge in [-0.25, -0.2) is 4.39 Å². The van der Waals surface area contributed by atoms with E-state index in [2.05, 4.69) is 15.9 Å². The van der Waals surface area contributed by atoms with Gasteiger partial charge < -0.3 is 9.47 Å². The average molecular weight is 372 g/mol. The van der Waals surface area contributed by atoms with Gasteiger partial charge in [0.15, 0.2) is 11.5 Å². The molecule has 0 amide bonds. The van der Waals surface area contributed by atoms with E-state index >= 15 is 0 Å². The normalized spacial score (nSPS) is 15.4. The molecule has 1 aliphatic heterocycles. The lowest BCUT2D eigenvalue weighted by Gasteiger charge is -2.15. The molecule has 1 aliphatic rings. The summed E-state index contributed by atoms with van der Waals surface area (Å²) >= 11 is 9.88. The zero-order valence-electron chi connectivity index (χ0n) is 11.1. The molecule has 0 aliphatic carbocycles. The maximum atomic E-state index is 13.2. The third kappa shape index (κ3) is 3.16. The van der Waals surface area contributed by atoms with E-state index in [1.54, 1.807) is 6.07 Å². The van der Waals surface area contributed by atoms with Gasteiger partial charge in [-0.15, -0.1) is 11.6 Å². The fourth-order valence-electron chi connectivity index (χ4n) is 2.22. The monoisotopic (exact) mass is 370 g/mol. The van der Waals surface area contributed by atoms with Gasteiger partial charge in [0.2, 0.25) is 0 Å². The highest BCUT2D eigenvalue weighted by atomic mass is 79.9. The summed E-state index contributed by atoms with van der Waals surface area (Å²) < 4.78 is 25.1. The second-order valence-electron chi connectivity index (χ2n) is 4.79. The van der Waals surface area contributed by atoms with Gasteiger partial charge in [0.05, 0.1) is 18.6 Å². The third-order valence-corrected chi connectivity index (χ3v) is 4.47. The molecule has 0 saturated heterocycles. The standard InChI is InChI=1S/C16H13BrClFO2/c17-13-9-11(19)3-4-12(13)16(18)10-2-5-14-15(8-10)21-7-1-6-20-14/h2-5,8-9,16H,1,6-7H2. The first kappa shape index (κ1) is 14.7. The zero-order chi connectivity index (χ0) is 14.8. The van der Waals surface area contributed by atoms with Crippen LogP contribution in [-0.4, -0.2) is 13.2 Å². The summed E-state index contributed by atoms with van der Waals surface area (Å²) in [6.45, 7) is 1.28. The van der Waals surface area contributed by atoms with E-state index < -0.39 is 5.38 Å². The lowest BCUT2D eigenvalue weighted by Crippen LogP contribution is -1.98. The minimum Gasteiger partial charge on any atom is -0.490 e. The van der Waals surface area contributed by atoms with Crippen LogP contribution >= 0.6 is 27.5 Å². The van der Waals surface area contributed by atoms with E-state index in [1.807, 2.05) is 18.2 Å². The number of rotatable bonds is 2. The van der Waals surface area contributed by atoms with Crippen LogP contribution in [0.2, 0.25) is 0 Å². The lowest BCUT2D eigenvalue weighted by atomic mass is 10.0. The second-order valence-corrected chi connectivity index (χ2v) is 6.08. The molecule has 0 spiro atoms. The highest BCUT2D eigenvalue weighted by molar-refractivity contribution is 9.10. The molecule has 0 N–H and O–H groups in total. The number of alkyl halides is 1. The molecule has 110 valence electrons. The molecular formula is C16H13BrClFO2. The highest BCUT2D eigenvalue weighted by Crippen LogP contribution is 2.38. The summed E-state index contributed by atoms with van der Waals surface area (Å²) in [5.41, 5.74) is 1.70. The Bertz CT molecular complexity index is 663. The van der Waals surface area contributed by atoms with Crippen molar-refractivity contribution >= 4 is 27.5 Å². The summed E-state index contributed by atoms with van der Waals surface area (Å²) in [5, 5.41) is -0.392. The number of benzene rings is 2. The van der Waals surface area contributed by atoms with Crippen LogP contribution in [-0.2, 0) is 0 Å². The number of fused-ring (bicyclic) bond motifs is 1. The maximum absolute atomic E-state index is 13.2. The molecule has 3 rings (SSSR count). The van der Waals surface area contributed by atoms with Gasteiger partial charge in [-0.2, -0.15) is 0 Å². The molecule has 0 radical (unpaired) electrons. The first-order valence-corrected chi connectivity index (χ1v) is 7.86. The van der Waals surface area contributed by atoms with Crippen molar-refractivity contribution in [1.82, 2.24) is 0 Å². The van der Waals surface area contributed by atoms with Gasteiger partial charge >= 0.3 is 0 Å². The maximum Gasteiger partial charge on any atom is 0.161 e. The molecule has 0 saturated carbocycles. The minimum atomic E-state index is -0.392. The van der Waals surface area contributed by atoms with Crippen molar-refractivity contribution in [3.8, 4) is 11.5 Å². The number of hydrogen-bond donors (Lipinski definition) is 0. The predicted octanol–water partition coefficient (Wildman–Crippen LogP) is 5.08. The topological polar surface area (TPSA) is 18.5 Å². The molecule has 2 nitrogen and oxygen atoms in total. The fourth-order valence-corrected chi connectivity index (χ4v) is 3.26. The van der Waals surface area contributed by atoms with Crippen molar-refractivity contribution in [3.63, 3.8) is 0 Å². The number of hydrogen-bond acceptors (Lipinski definition) is 2. The quantitative estimate of drug-likeness (QED) is 0.686. The van der Waals surface area contributed by atoms with E-state index in [4.69, 9.17) is 21.1 Å². The van der Waals surface area contributed by atoms with E-state index in [0.717, 1.165) is 23.3 Å². The predicted molar refractivity (Wildman–Crippen MR) is 83.8 cm³/mol. The molecule has 1 heterocycles. The Labute approximate surface area is 136 Å². The lowest BCUT2D eigenvalue weighted by molar-refractivity contribution is 0.297. The first-order chi connectivity index (χ1) is 10.1. The molecule has 1 unspecified atom stereocenters. The van der Waals surface area contributed by atoms with Crippen LogP contribution in [0.3, 0.4) is 0 Å². The van der Waals surface area contributed by atoms with Gasteiger partial charge in [-0.1, -0.05) is 28.1 Å². The Morgan fingerprint density at radius 2 is 1.81 bits per heavy atom. The van der Waals surface area contributed by atoms with Crippen LogP contribution < -0.4 is 9.47 Å². The fraction of sp³-hybridized carbons (Fsp3) is 0.250. The first-order valence-electron chi connectivity index (χ1n) is 6.64. The van der Waals surface area contributed by atoms with Crippen molar-refractivity contribution in [3.05, 3.63) is 57.8 Å². The Balaban J connectivity index is 1.94. The second kappa shape index (κ2) is 6.24. The highest BCUT2D eigenvalue weighted by Gasteiger charge is 2.18. The van der Waals surface area contributed by atoms with Crippen LogP contribution in [0, 0.1) is 5.82 Å². The molecule has 0 fully saturated rings. The smallest absolute Gasteiger partial charge is 0.161 e. The van der Waals surface area contributed by atoms with E-state index in [-0.39, 0.29) is 5.82 Å². The minimum absolute atomic E-state index is 0.298. The van der Waals surface area contributed by atoms with Crippen LogP contribution in [0.5, 0.6) is 11.5 Å². The SMILES string of the molecule is Fc1ccc(C(Cl)c2ccc3c(c2)OCCCO3)c(Br)c1. The number of halogens is 3. The van der Waals surface area contributed by atoms with Crippen molar-refractivity contribution in [2.75, 3.05) is 13.2 Å². The Hall–Kier alpha value is -1.26. The summed E-state index contributed by atoms with van der Waals surface area (Å²) in [6, 6.07) is 10.1. The summed E-state index contributed by atoms with van der Waals surface area (Å²) in [7, 11) is 0. The molecule has 0 bridgehead atoms. The largest absolute Gasteiger partial charge is 0.490 e. The van der Waals surface area contributed by atoms with Crippen LogP contribution in [0.1, 0.15) is 22.9 Å². The number of ether oxygens (including phenoxy) is 2. The van der Waals surface area contributed by atoms with Gasteiger partial charge in [0, 0.05) is 10.9 Å². The Morgan fingerprint density at radius 3 is 2.57 bits per heavy atom. The van der Waals surface area contributed by atoms with E-state index in [9.17, 15) is 4.39 Å². The third-order valence-electron chi connectivity index (χ3n) is 3.30. The average Bonchev–Trinajstić information content (AvgIpc) is 2.71. The van der Waals surface area contributed by atoms with Gasteiger partial charge in [-0.05, 0) is 35.4 Å². The zero-order valence-corrected chi connectivity index (χ0v) is 13.5. The van der Waals surface area contributed by atoms with Crippen LogP contribution in [0.15, 0.2) is 40.9 Å². The summed E-state index contributed by atoms with van der Waals surface area (Å²) in [4.78, 5) is 0. The molecule has 2 aromatic rings. The Kier molecular flexibility index (Phi) is 4.36. The molecule has 2 aromatic carbocycles. The molecule has 21 heavy (non-hydrogen) atoms. The van der Waals surface area contributed by atoms with Crippen molar-refractivity contribution in [1.29, 1.82) is 0 Å². The van der Waals surface area contributed by atoms with Crippen LogP contribution in [0.25, 0.3) is 0 Å². The van der Waals surface area contributed by atoms with Crippen molar-refractivity contribution in [2.24, 2.45) is 0 Å². The molecular weight excluding hydrogens is 359 g/mol. The van der Waals surface area contributed by atoms with Gasteiger partial charge in [0.25, 0.3) is 0 Å². The Morgan fingerprint density at radius 1 is 1.05 bits per heavy atom. The summed E-state index contributed by atoms with van der Waals surface area (Å²) in [5.74, 6) is 1.14. The summed E-state index contributed by atoms with van der Waals surface area (Å²) in [6.07, 6.45) is 0.859. The van der Waals surface area contributed by atoms with Gasteiger partial charge in [-0.3, -0.25) is 0 Å². The molecule has 5 heteroatoms. The van der Waals surface area contributed by atoms with Crippen LogP contribution in [0.4, 0.5) is 4.39 Å². The van der Waals surface area contributed by atoms with Crippen molar-refractivity contribution < 1.29 is 13.9 Å².